The monoisotopic (exact) mass is 554 g/mol. The lowest BCUT2D eigenvalue weighted by molar-refractivity contribution is 0.0589. The molecule has 0 spiro atoms. The molecular weight excluding hydrogens is 526 g/mol. The van der Waals surface area contributed by atoms with E-state index in [1.54, 1.807) is 27.7 Å². The van der Waals surface area contributed by atoms with Crippen molar-refractivity contribution >= 4 is 40.6 Å². The molecule has 0 bridgehead atoms. The van der Waals surface area contributed by atoms with E-state index in [4.69, 9.17) is 31.5 Å². The predicted molar refractivity (Wildman–Crippen MR) is 137 cm³/mol. The molecule has 0 saturated heterocycles. The minimum Gasteiger partial charge on any atom is -0.491 e. The van der Waals surface area contributed by atoms with Gasteiger partial charge in [-0.2, -0.15) is 9.49 Å². The summed E-state index contributed by atoms with van der Waals surface area (Å²) in [5, 5.41) is 6.86. The molecular formula is C24H29ClF2N6O5. The van der Waals surface area contributed by atoms with Gasteiger partial charge in [0.05, 0.1) is 37.9 Å². The van der Waals surface area contributed by atoms with Gasteiger partial charge >= 0.3 is 6.09 Å². The number of nitrogens with zero attached hydrogens (tertiary/aromatic N) is 4. The molecule has 2 heterocycles. The van der Waals surface area contributed by atoms with E-state index in [1.165, 1.54) is 41.9 Å². The number of methoxy groups -OCH3 is 1. The zero-order chi connectivity index (χ0) is 28.4. The summed E-state index contributed by atoms with van der Waals surface area (Å²) >= 11 is 6.16. The lowest BCUT2D eigenvalue weighted by atomic mass is 10.1. The van der Waals surface area contributed by atoms with Crippen LogP contribution in [0.1, 0.15) is 43.7 Å². The Hall–Kier alpha value is -3.71. The van der Waals surface area contributed by atoms with Crippen LogP contribution in [0.25, 0.3) is 5.65 Å². The second kappa shape index (κ2) is 11.4. The topological polar surface area (TPSA) is 133 Å². The summed E-state index contributed by atoms with van der Waals surface area (Å²) in [7, 11) is 2.67. The number of carbonyl (C=O) groups is 2. The van der Waals surface area contributed by atoms with Gasteiger partial charge in [0.1, 0.15) is 5.60 Å². The second-order valence-electron chi connectivity index (χ2n) is 9.45. The summed E-state index contributed by atoms with van der Waals surface area (Å²) in [6.45, 7) is 6.54. The van der Waals surface area contributed by atoms with Crippen LogP contribution in [0.15, 0.2) is 18.3 Å². The van der Waals surface area contributed by atoms with E-state index in [9.17, 15) is 18.4 Å². The maximum absolute atomic E-state index is 14.2. The van der Waals surface area contributed by atoms with E-state index in [2.05, 4.69) is 15.4 Å². The molecule has 0 unspecified atom stereocenters. The zero-order valence-electron chi connectivity index (χ0n) is 21.8. The average Bonchev–Trinajstić information content (AvgIpc) is 3.24. The van der Waals surface area contributed by atoms with Crippen LogP contribution in [0.2, 0.25) is 5.15 Å². The van der Waals surface area contributed by atoms with E-state index in [1.807, 2.05) is 0 Å². The van der Waals surface area contributed by atoms with Gasteiger partial charge in [0, 0.05) is 24.7 Å². The Balaban J connectivity index is 1.70. The third kappa shape index (κ3) is 6.40. The Labute approximate surface area is 222 Å². The van der Waals surface area contributed by atoms with Crippen LogP contribution < -0.4 is 20.7 Å². The molecule has 0 aliphatic carbocycles. The first-order valence-electron chi connectivity index (χ1n) is 11.4. The molecule has 0 aliphatic heterocycles. The molecule has 3 N–H and O–H groups in total. The van der Waals surface area contributed by atoms with E-state index >= 15 is 0 Å². The highest BCUT2D eigenvalue weighted by molar-refractivity contribution is 6.29. The van der Waals surface area contributed by atoms with E-state index < -0.39 is 35.3 Å². The first kappa shape index (κ1) is 28.9. The fraction of sp³-hybridized carbons (Fsp3) is 0.417. The highest BCUT2D eigenvalue weighted by Crippen LogP contribution is 2.30. The molecule has 11 nitrogen and oxygen atoms in total. The molecule has 206 valence electrons. The SMILES string of the molecule is COc1c(N)cc(COC[C@@H](C)NC(=O)c2cnc3c(N(C)C(=O)OC(C)(C)C)cc(Cl)nn23)c(F)c1F. The smallest absolute Gasteiger partial charge is 0.414 e. The Morgan fingerprint density at radius 1 is 1.26 bits per heavy atom. The molecule has 2 amide bonds. The van der Waals surface area contributed by atoms with Gasteiger partial charge in [0.25, 0.3) is 5.91 Å². The highest BCUT2D eigenvalue weighted by atomic mass is 35.5. The van der Waals surface area contributed by atoms with Crippen molar-refractivity contribution in [3.8, 4) is 5.75 Å². The molecule has 0 radical (unpaired) electrons. The summed E-state index contributed by atoms with van der Waals surface area (Å²) in [5.74, 6) is -3.27. The van der Waals surface area contributed by atoms with Gasteiger partial charge in [-0.1, -0.05) is 11.6 Å². The van der Waals surface area contributed by atoms with Gasteiger partial charge in [-0.15, -0.1) is 0 Å². The Kier molecular flexibility index (Phi) is 8.62. The van der Waals surface area contributed by atoms with Gasteiger partial charge in [-0.25, -0.2) is 18.7 Å². The molecule has 3 rings (SSSR count). The predicted octanol–water partition coefficient (Wildman–Crippen LogP) is 3.96. The maximum atomic E-state index is 14.2. The minimum atomic E-state index is -1.21. The van der Waals surface area contributed by atoms with Crippen molar-refractivity contribution in [3.05, 3.63) is 46.4 Å². The first-order chi connectivity index (χ1) is 17.7. The van der Waals surface area contributed by atoms with Crippen LogP contribution in [-0.2, 0) is 16.1 Å². The lowest BCUT2D eigenvalue weighted by Crippen LogP contribution is -2.36. The number of nitrogen functional groups attached to an aromatic ring is 1. The van der Waals surface area contributed by atoms with Gasteiger partial charge in [0.2, 0.25) is 5.82 Å². The van der Waals surface area contributed by atoms with Crippen molar-refractivity contribution in [2.75, 3.05) is 31.4 Å². The summed E-state index contributed by atoms with van der Waals surface area (Å²) in [5.41, 5.74) is 5.32. The first-order valence-corrected chi connectivity index (χ1v) is 11.8. The number of nitrogens with two attached hydrogens (primary N) is 1. The van der Waals surface area contributed by atoms with Crippen molar-refractivity contribution in [2.24, 2.45) is 0 Å². The summed E-state index contributed by atoms with van der Waals surface area (Å²) in [6.07, 6.45) is 0.642. The van der Waals surface area contributed by atoms with Crippen molar-refractivity contribution in [2.45, 2.75) is 45.9 Å². The van der Waals surface area contributed by atoms with Crippen LogP contribution in [0, 0.1) is 11.6 Å². The minimum absolute atomic E-state index is 0.0133. The molecule has 0 saturated carbocycles. The number of hydrogen-bond donors (Lipinski definition) is 2. The van der Waals surface area contributed by atoms with Crippen molar-refractivity contribution in [3.63, 3.8) is 0 Å². The molecule has 1 atom stereocenters. The number of aromatic nitrogens is 3. The van der Waals surface area contributed by atoms with Crippen molar-refractivity contribution in [1.29, 1.82) is 0 Å². The molecule has 0 aliphatic rings. The lowest BCUT2D eigenvalue weighted by Gasteiger charge is -2.24. The Morgan fingerprint density at radius 2 is 1.95 bits per heavy atom. The summed E-state index contributed by atoms with van der Waals surface area (Å²) < 4.78 is 45.1. The number of anilines is 2. The summed E-state index contributed by atoms with van der Waals surface area (Å²) in [4.78, 5) is 30.9. The van der Waals surface area contributed by atoms with Crippen molar-refractivity contribution < 1.29 is 32.6 Å². The number of rotatable bonds is 8. The molecule has 2 aromatic heterocycles. The number of imidazole rings is 1. The number of halogens is 3. The number of carbonyl (C=O) groups excluding carboxylic acids is 2. The quantitative estimate of drug-likeness (QED) is 0.400. The number of hydrogen-bond acceptors (Lipinski definition) is 8. The standard InChI is InChI=1S/C24H29ClF2N6O5/c1-12(10-37-11-13-7-14(28)20(36-6)19(27)18(13)26)30-22(34)16-9-29-21-15(8-17(25)31-33(16)21)32(5)23(35)38-24(2,3)4/h7-9,12H,10-11,28H2,1-6H3,(H,30,34)/t12-/m1/s1. The third-order valence-electron chi connectivity index (χ3n) is 5.15. The van der Waals surface area contributed by atoms with E-state index in [-0.39, 0.29) is 52.4 Å². The molecule has 0 fully saturated rings. The zero-order valence-corrected chi connectivity index (χ0v) is 22.5. The number of fused-ring (bicyclic) bond motifs is 1. The van der Waals surface area contributed by atoms with Crippen LogP contribution in [0.3, 0.4) is 0 Å². The average molecular weight is 555 g/mol. The number of benzene rings is 1. The van der Waals surface area contributed by atoms with Gasteiger partial charge < -0.3 is 25.3 Å². The van der Waals surface area contributed by atoms with E-state index in [0.29, 0.717) is 0 Å². The Morgan fingerprint density at radius 3 is 2.58 bits per heavy atom. The van der Waals surface area contributed by atoms with Gasteiger partial charge in [-0.3, -0.25) is 9.69 Å². The maximum Gasteiger partial charge on any atom is 0.414 e. The van der Waals surface area contributed by atoms with Gasteiger partial charge in [-0.05, 0) is 33.8 Å². The largest absolute Gasteiger partial charge is 0.491 e. The van der Waals surface area contributed by atoms with Crippen LogP contribution >= 0.6 is 11.6 Å². The number of ether oxygens (including phenoxy) is 3. The highest BCUT2D eigenvalue weighted by Gasteiger charge is 2.25. The fourth-order valence-electron chi connectivity index (χ4n) is 3.44. The van der Waals surface area contributed by atoms with E-state index in [0.717, 1.165) is 0 Å². The van der Waals surface area contributed by atoms with Gasteiger partial charge in [0.15, 0.2) is 28.1 Å². The number of amides is 2. The second-order valence-corrected chi connectivity index (χ2v) is 9.83. The fourth-order valence-corrected chi connectivity index (χ4v) is 3.61. The van der Waals surface area contributed by atoms with Crippen LogP contribution in [-0.4, -0.2) is 59.0 Å². The van der Waals surface area contributed by atoms with Crippen molar-refractivity contribution in [1.82, 2.24) is 19.9 Å². The molecule has 14 heteroatoms. The Bertz CT molecular complexity index is 1360. The summed E-state index contributed by atoms with van der Waals surface area (Å²) in [6, 6.07) is 2.11. The molecule has 38 heavy (non-hydrogen) atoms. The van der Waals surface area contributed by atoms with Crippen LogP contribution in [0.4, 0.5) is 25.0 Å². The number of nitrogens with one attached hydrogen (secondary N) is 1. The molecule has 3 aromatic rings. The van der Waals surface area contributed by atoms with Crippen LogP contribution in [0.5, 0.6) is 5.75 Å². The molecule has 1 aromatic carbocycles. The third-order valence-corrected chi connectivity index (χ3v) is 5.34. The normalized spacial score (nSPS) is 12.3.